The van der Waals surface area contributed by atoms with Crippen molar-refractivity contribution in [2.45, 2.75) is 107 Å². The van der Waals surface area contributed by atoms with Gasteiger partial charge >= 0.3 is 0 Å². The molecule has 1 unspecified atom stereocenters. The third-order valence-corrected chi connectivity index (χ3v) is 8.13. The maximum absolute atomic E-state index is 11.6. The Hall–Kier alpha value is -1.81. The zero-order valence-electron chi connectivity index (χ0n) is 25.2. The van der Waals surface area contributed by atoms with Gasteiger partial charge in [0.25, 0.3) is 0 Å². The highest BCUT2D eigenvalue weighted by Crippen LogP contribution is 2.62. The predicted molar refractivity (Wildman–Crippen MR) is 156 cm³/mol. The number of primary amides is 1. The monoisotopic (exact) mass is 500 g/mol. The molecule has 3 fully saturated rings. The second kappa shape index (κ2) is 14.8. The van der Waals surface area contributed by atoms with E-state index in [0.29, 0.717) is 11.0 Å². The molecule has 2 saturated carbocycles. The van der Waals surface area contributed by atoms with Crippen LogP contribution in [-0.4, -0.2) is 38.1 Å². The number of methoxy groups -OCH3 is 1. The molecule has 1 aliphatic heterocycles. The van der Waals surface area contributed by atoms with Gasteiger partial charge in [-0.25, -0.2) is 0 Å². The highest BCUT2D eigenvalue weighted by molar-refractivity contribution is 6.20. The van der Waals surface area contributed by atoms with E-state index < -0.39 is 0 Å². The van der Waals surface area contributed by atoms with Gasteiger partial charge in [-0.1, -0.05) is 65.7 Å². The number of hydrogen-bond acceptors (Lipinski definition) is 3. The summed E-state index contributed by atoms with van der Waals surface area (Å²) in [6.45, 7) is 20.1. The van der Waals surface area contributed by atoms with Gasteiger partial charge in [-0.15, -0.1) is 0 Å². The molecule has 2 atom stereocenters. The van der Waals surface area contributed by atoms with Crippen LogP contribution in [0.2, 0.25) is 0 Å². The van der Waals surface area contributed by atoms with E-state index in [9.17, 15) is 4.79 Å². The average molecular weight is 501 g/mol. The number of carbonyl (C=O) groups excluding carboxylic acids is 1. The summed E-state index contributed by atoms with van der Waals surface area (Å²) in [4.78, 5) is 13.9. The molecule has 0 radical (unpaired) electrons. The second-order valence-electron chi connectivity index (χ2n) is 12.1. The van der Waals surface area contributed by atoms with Crippen molar-refractivity contribution in [1.82, 2.24) is 4.90 Å². The number of hydrogen-bond donors (Lipinski definition) is 1. The molecule has 4 nitrogen and oxygen atoms in total. The van der Waals surface area contributed by atoms with Crippen LogP contribution in [0.15, 0.2) is 23.8 Å². The van der Waals surface area contributed by atoms with Gasteiger partial charge in [0.2, 0.25) is 5.91 Å². The van der Waals surface area contributed by atoms with Crippen LogP contribution in [0.4, 0.5) is 0 Å². The molecule has 3 aliphatic rings. The van der Waals surface area contributed by atoms with Gasteiger partial charge in [0.15, 0.2) is 0 Å². The van der Waals surface area contributed by atoms with E-state index in [1.165, 1.54) is 58.0 Å². The first-order chi connectivity index (χ1) is 16.9. The first-order valence-electron chi connectivity index (χ1n) is 14.2. The summed E-state index contributed by atoms with van der Waals surface area (Å²) in [6, 6.07) is 5.64. The Bertz CT molecular complexity index is 849. The minimum Gasteiger partial charge on any atom is -0.496 e. The molecule has 4 heteroatoms. The van der Waals surface area contributed by atoms with Crippen molar-refractivity contribution in [2.24, 2.45) is 22.5 Å². The molecule has 2 bridgehead atoms. The quantitative estimate of drug-likeness (QED) is 0.426. The van der Waals surface area contributed by atoms with Crippen molar-refractivity contribution in [3.8, 4) is 5.75 Å². The number of ether oxygens (including phenoxy) is 1. The number of amides is 1. The fraction of sp³-hybridized carbons (Fsp3) is 0.719. The minimum absolute atomic E-state index is 0.388. The lowest BCUT2D eigenvalue weighted by molar-refractivity contribution is -0.112. The zero-order chi connectivity index (χ0) is 27.5. The summed E-state index contributed by atoms with van der Waals surface area (Å²) < 4.78 is 5.25. The highest BCUT2D eigenvalue weighted by Gasteiger charge is 2.51. The third-order valence-electron chi connectivity index (χ3n) is 8.13. The summed E-state index contributed by atoms with van der Waals surface area (Å²) in [5.74, 6) is 1.43. The van der Waals surface area contributed by atoms with Crippen LogP contribution in [-0.2, 0) is 4.79 Å². The highest BCUT2D eigenvalue weighted by atomic mass is 16.5. The maximum Gasteiger partial charge on any atom is 0.249 e. The van der Waals surface area contributed by atoms with E-state index in [-0.39, 0.29) is 5.91 Å². The lowest BCUT2D eigenvalue weighted by atomic mass is 9.73. The number of nitrogens with zero attached hydrogens (tertiary/aromatic N) is 1. The number of carbonyl (C=O) groups is 1. The van der Waals surface area contributed by atoms with E-state index in [1.807, 2.05) is 39.0 Å². The van der Waals surface area contributed by atoms with Gasteiger partial charge < -0.3 is 15.4 Å². The van der Waals surface area contributed by atoms with Crippen LogP contribution in [0, 0.1) is 23.7 Å². The largest absolute Gasteiger partial charge is 0.496 e. The van der Waals surface area contributed by atoms with E-state index in [2.05, 4.69) is 46.6 Å². The third kappa shape index (κ3) is 9.25. The molecule has 1 amide bonds. The van der Waals surface area contributed by atoms with Crippen LogP contribution >= 0.6 is 0 Å². The van der Waals surface area contributed by atoms with Gasteiger partial charge in [-0.2, -0.15) is 0 Å². The van der Waals surface area contributed by atoms with Crippen molar-refractivity contribution in [2.75, 3.05) is 27.2 Å². The molecule has 2 N–H and O–H groups in total. The summed E-state index contributed by atoms with van der Waals surface area (Å²) >= 11 is 0. The van der Waals surface area contributed by atoms with Gasteiger partial charge in [0.1, 0.15) is 5.75 Å². The Morgan fingerprint density at radius 2 is 1.72 bits per heavy atom. The number of fused-ring (bicyclic) bond motifs is 2. The fourth-order valence-corrected chi connectivity index (χ4v) is 6.12. The second-order valence-corrected chi connectivity index (χ2v) is 12.1. The minimum atomic E-state index is -0.388. The molecule has 4 rings (SSSR count). The molecule has 1 heterocycles. The Morgan fingerprint density at radius 3 is 2.03 bits per heavy atom. The van der Waals surface area contributed by atoms with E-state index in [4.69, 9.17) is 10.5 Å². The first-order valence-corrected chi connectivity index (χ1v) is 14.2. The number of allylic oxidation sites excluding steroid dienone is 1. The van der Waals surface area contributed by atoms with Crippen LogP contribution in [0.25, 0.3) is 5.57 Å². The van der Waals surface area contributed by atoms with Gasteiger partial charge in [0.05, 0.1) is 7.11 Å². The van der Waals surface area contributed by atoms with Crippen molar-refractivity contribution in [3.05, 3.63) is 34.9 Å². The number of benzene rings is 1. The number of nitrogens with two attached hydrogens (primary N) is 1. The van der Waals surface area contributed by atoms with E-state index in [0.717, 1.165) is 40.2 Å². The van der Waals surface area contributed by atoms with Gasteiger partial charge in [-0.3, -0.25) is 4.79 Å². The molecule has 1 saturated heterocycles. The van der Waals surface area contributed by atoms with Crippen LogP contribution in [0.1, 0.15) is 111 Å². The Morgan fingerprint density at radius 1 is 1.14 bits per heavy atom. The van der Waals surface area contributed by atoms with Crippen molar-refractivity contribution < 1.29 is 9.53 Å². The lowest BCUT2D eigenvalue weighted by Gasteiger charge is -2.32. The normalized spacial score (nSPS) is 24.3. The van der Waals surface area contributed by atoms with Crippen LogP contribution < -0.4 is 10.5 Å². The molecule has 1 aromatic carbocycles. The fourth-order valence-electron chi connectivity index (χ4n) is 6.12. The Kier molecular flexibility index (Phi) is 13.3. The van der Waals surface area contributed by atoms with Gasteiger partial charge in [0, 0.05) is 5.57 Å². The number of rotatable bonds is 4. The SMILES string of the molecule is CC/C(C)=C(/C(N)=O)c1cccc(OC)c1C.CC1(C)C[C@]2(C)CCC1C2.CCC.CN1CCCC1. The molecule has 206 valence electrons. The molecule has 1 aromatic rings. The molecule has 0 aromatic heterocycles. The summed E-state index contributed by atoms with van der Waals surface area (Å²) in [5.41, 5.74) is 10.3. The Labute approximate surface area is 223 Å². The van der Waals surface area contributed by atoms with Crippen molar-refractivity contribution >= 4 is 11.5 Å². The summed E-state index contributed by atoms with van der Waals surface area (Å²) in [6.07, 6.45) is 10.9. The average Bonchev–Trinajstić information content (AvgIpc) is 3.50. The Balaban J connectivity index is 0.000000284. The van der Waals surface area contributed by atoms with E-state index in [1.54, 1.807) is 7.11 Å². The van der Waals surface area contributed by atoms with Crippen molar-refractivity contribution in [3.63, 3.8) is 0 Å². The molecule has 2 aliphatic carbocycles. The molecule has 0 spiro atoms. The smallest absolute Gasteiger partial charge is 0.249 e. The number of likely N-dealkylation sites (tertiary alicyclic amines) is 1. The zero-order valence-corrected chi connectivity index (χ0v) is 25.2. The predicted octanol–water partition coefficient (Wildman–Crippen LogP) is 8.02. The first kappa shape index (κ1) is 32.2. The lowest BCUT2D eigenvalue weighted by Crippen LogP contribution is -2.22. The van der Waals surface area contributed by atoms with Crippen LogP contribution in [0.3, 0.4) is 0 Å². The van der Waals surface area contributed by atoms with Crippen LogP contribution in [0.5, 0.6) is 5.75 Å². The maximum atomic E-state index is 11.6. The standard InChI is InChI=1S/C14H19NO2.C10H18.C5H11N.C3H8/c1-5-9(2)13(14(15)16)11-7-6-8-12(17-4)10(11)3;1-9(2)7-10(3)5-4-8(9)6-10;1-6-4-2-3-5-6;1-3-2/h6-8H,5H2,1-4H3,(H2,15,16);8H,4-7H2,1-3H3;2-5H2,1H3;3H2,1-2H3/b13-9+;;;/t;8?,10-;;/m.1../s1. The molecular formula is C32H56N2O2. The van der Waals surface area contributed by atoms with Crippen molar-refractivity contribution in [1.29, 1.82) is 0 Å². The molecule has 36 heavy (non-hydrogen) atoms. The van der Waals surface area contributed by atoms with E-state index >= 15 is 0 Å². The topological polar surface area (TPSA) is 55.6 Å². The molecular weight excluding hydrogens is 444 g/mol. The summed E-state index contributed by atoms with van der Waals surface area (Å²) in [7, 11) is 3.79. The van der Waals surface area contributed by atoms with Gasteiger partial charge in [-0.05, 0) is 113 Å². The summed E-state index contributed by atoms with van der Waals surface area (Å²) in [5, 5.41) is 0.